The number of nitrogens with two attached hydrogens (primary N) is 1. The van der Waals surface area contributed by atoms with Crippen LogP contribution in [0.15, 0.2) is 18.5 Å². The summed E-state index contributed by atoms with van der Waals surface area (Å²) in [5.41, 5.74) is 8.88. The molecule has 0 atom stereocenters. The van der Waals surface area contributed by atoms with Crippen molar-refractivity contribution >= 4 is 11.9 Å². The van der Waals surface area contributed by atoms with Gasteiger partial charge < -0.3 is 5.73 Å². The van der Waals surface area contributed by atoms with Crippen molar-refractivity contribution in [1.82, 2.24) is 29.7 Å². The normalized spacial score (nSPS) is 16.4. The van der Waals surface area contributed by atoms with Gasteiger partial charge >= 0.3 is 0 Å². The van der Waals surface area contributed by atoms with E-state index in [0.717, 1.165) is 13.1 Å². The molecule has 0 unspecified atom stereocenters. The van der Waals surface area contributed by atoms with E-state index in [0.29, 0.717) is 11.9 Å². The highest BCUT2D eigenvalue weighted by Crippen LogP contribution is 2.11. The number of rotatable bonds is 3. The molecule has 0 bridgehead atoms. The standard InChI is InChI=1S/C11H16N8/c12-9-14-10(17-18-6-2-1-3-7-18)16-11(15-9)19-8-4-5-13-19/h4-5,8H,1-3,6-7H2,(H3,12,14,15,16,17). The summed E-state index contributed by atoms with van der Waals surface area (Å²) in [6.07, 6.45) is 7.06. The first-order valence-electron chi connectivity index (χ1n) is 6.34. The van der Waals surface area contributed by atoms with E-state index >= 15 is 0 Å². The predicted molar refractivity (Wildman–Crippen MR) is 70.4 cm³/mol. The summed E-state index contributed by atoms with van der Waals surface area (Å²) >= 11 is 0. The molecule has 2 aromatic rings. The molecule has 0 saturated carbocycles. The van der Waals surface area contributed by atoms with E-state index in [1.807, 2.05) is 0 Å². The summed E-state index contributed by atoms with van der Waals surface area (Å²) in [6, 6.07) is 1.80. The largest absolute Gasteiger partial charge is 0.368 e. The summed E-state index contributed by atoms with van der Waals surface area (Å²) in [4.78, 5) is 12.5. The van der Waals surface area contributed by atoms with Crippen LogP contribution in [-0.2, 0) is 0 Å². The van der Waals surface area contributed by atoms with Crippen molar-refractivity contribution in [2.24, 2.45) is 0 Å². The van der Waals surface area contributed by atoms with Gasteiger partial charge in [0.2, 0.25) is 11.9 Å². The van der Waals surface area contributed by atoms with Gasteiger partial charge in [-0.05, 0) is 18.9 Å². The SMILES string of the molecule is Nc1nc(NN2CCCCC2)nc(-n2cccn2)n1. The van der Waals surface area contributed by atoms with Crippen molar-refractivity contribution in [1.29, 1.82) is 0 Å². The molecule has 0 aliphatic carbocycles. The second-order valence-corrected chi connectivity index (χ2v) is 4.43. The Kier molecular flexibility index (Phi) is 3.23. The first kappa shape index (κ1) is 11.8. The molecule has 0 spiro atoms. The van der Waals surface area contributed by atoms with Crippen LogP contribution in [0.25, 0.3) is 5.95 Å². The van der Waals surface area contributed by atoms with Gasteiger partial charge in [0, 0.05) is 25.5 Å². The van der Waals surface area contributed by atoms with Crippen molar-refractivity contribution in [2.45, 2.75) is 19.3 Å². The Morgan fingerprint density at radius 1 is 1.11 bits per heavy atom. The predicted octanol–water partition coefficient (Wildman–Crippen LogP) is 0.452. The Bertz CT molecular complexity index is 532. The number of nitrogens with one attached hydrogen (secondary N) is 1. The van der Waals surface area contributed by atoms with Gasteiger partial charge in [-0.1, -0.05) is 6.42 Å². The number of nitrogen functional groups attached to an aromatic ring is 1. The molecule has 2 aromatic heterocycles. The quantitative estimate of drug-likeness (QED) is 0.826. The van der Waals surface area contributed by atoms with Crippen molar-refractivity contribution in [3.63, 3.8) is 0 Å². The molecule has 0 amide bonds. The summed E-state index contributed by atoms with van der Waals surface area (Å²) < 4.78 is 1.55. The van der Waals surface area contributed by atoms with Crippen LogP contribution in [0.3, 0.4) is 0 Å². The molecule has 100 valence electrons. The van der Waals surface area contributed by atoms with E-state index in [4.69, 9.17) is 5.73 Å². The number of hydrogen-bond donors (Lipinski definition) is 2. The summed E-state index contributed by atoms with van der Waals surface area (Å²) in [5.74, 6) is 1.05. The van der Waals surface area contributed by atoms with Crippen LogP contribution >= 0.6 is 0 Å². The van der Waals surface area contributed by atoms with Gasteiger partial charge in [0.15, 0.2) is 0 Å². The van der Waals surface area contributed by atoms with Crippen LogP contribution in [0, 0.1) is 0 Å². The zero-order valence-corrected chi connectivity index (χ0v) is 10.5. The fourth-order valence-electron chi connectivity index (χ4n) is 2.07. The lowest BCUT2D eigenvalue weighted by atomic mass is 10.2. The first-order chi connectivity index (χ1) is 9.31. The van der Waals surface area contributed by atoms with Crippen LogP contribution in [0.1, 0.15) is 19.3 Å². The lowest BCUT2D eigenvalue weighted by molar-refractivity contribution is 0.271. The molecule has 8 heteroatoms. The topological polar surface area (TPSA) is 97.8 Å². The Morgan fingerprint density at radius 3 is 2.68 bits per heavy atom. The molecule has 3 rings (SSSR count). The number of aromatic nitrogens is 5. The number of hydrazine groups is 1. The molecule has 8 nitrogen and oxygen atoms in total. The summed E-state index contributed by atoms with van der Waals surface area (Å²) in [5, 5.41) is 6.18. The first-order valence-corrected chi connectivity index (χ1v) is 6.34. The third-order valence-electron chi connectivity index (χ3n) is 2.96. The molecule has 1 aliphatic rings. The molecule has 1 saturated heterocycles. The lowest BCUT2D eigenvalue weighted by Crippen LogP contribution is -2.35. The minimum atomic E-state index is 0.181. The highest BCUT2D eigenvalue weighted by Gasteiger charge is 2.13. The van der Waals surface area contributed by atoms with Crippen molar-refractivity contribution in [3.8, 4) is 5.95 Å². The van der Waals surface area contributed by atoms with Crippen LogP contribution in [0.5, 0.6) is 0 Å². The van der Waals surface area contributed by atoms with Gasteiger partial charge in [-0.2, -0.15) is 20.1 Å². The van der Waals surface area contributed by atoms with Crippen LogP contribution in [0.4, 0.5) is 11.9 Å². The highest BCUT2D eigenvalue weighted by molar-refractivity contribution is 5.34. The second kappa shape index (κ2) is 5.19. The zero-order valence-electron chi connectivity index (χ0n) is 10.5. The van der Waals surface area contributed by atoms with E-state index in [-0.39, 0.29) is 5.95 Å². The van der Waals surface area contributed by atoms with E-state index in [9.17, 15) is 0 Å². The number of piperidine rings is 1. The molecule has 1 aliphatic heterocycles. The average molecular weight is 260 g/mol. The van der Waals surface area contributed by atoms with Gasteiger partial charge in [0.05, 0.1) is 0 Å². The maximum absolute atomic E-state index is 5.71. The third kappa shape index (κ3) is 2.79. The van der Waals surface area contributed by atoms with Gasteiger partial charge in [0.1, 0.15) is 0 Å². The van der Waals surface area contributed by atoms with Crippen molar-refractivity contribution in [2.75, 3.05) is 24.2 Å². The highest BCUT2D eigenvalue weighted by atomic mass is 15.5. The molecule has 3 N–H and O–H groups in total. The molecular weight excluding hydrogens is 244 g/mol. The monoisotopic (exact) mass is 260 g/mol. The third-order valence-corrected chi connectivity index (χ3v) is 2.96. The fraction of sp³-hybridized carbons (Fsp3) is 0.455. The van der Waals surface area contributed by atoms with Gasteiger partial charge in [-0.3, -0.25) is 5.43 Å². The second-order valence-electron chi connectivity index (χ2n) is 4.43. The van der Waals surface area contributed by atoms with E-state index < -0.39 is 0 Å². The maximum atomic E-state index is 5.71. The van der Waals surface area contributed by atoms with Gasteiger partial charge in [0.25, 0.3) is 5.95 Å². The Labute approximate surface area is 110 Å². The molecule has 1 fully saturated rings. The van der Waals surface area contributed by atoms with E-state index in [2.05, 4.69) is 30.5 Å². The fourth-order valence-corrected chi connectivity index (χ4v) is 2.07. The molecular formula is C11H16N8. The zero-order chi connectivity index (χ0) is 13.1. The molecule has 3 heterocycles. The van der Waals surface area contributed by atoms with Crippen LogP contribution < -0.4 is 11.2 Å². The van der Waals surface area contributed by atoms with E-state index in [1.165, 1.54) is 19.3 Å². The minimum absolute atomic E-state index is 0.181. The molecule has 0 aromatic carbocycles. The maximum Gasteiger partial charge on any atom is 0.257 e. The molecule has 0 radical (unpaired) electrons. The Balaban J connectivity index is 1.81. The Hall–Kier alpha value is -2.22. The van der Waals surface area contributed by atoms with Crippen molar-refractivity contribution < 1.29 is 0 Å². The van der Waals surface area contributed by atoms with Crippen molar-refractivity contribution in [3.05, 3.63) is 18.5 Å². The van der Waals surface area contributed by atoms with Crippen LogP contribution in [0.2, 0.25) is 0 Å². The smallest absolute Gasteiger partial charge is 0.257 e. The Morgan fingerprint density at radius 2 is 1.95 bits per heavy atom. The minimum Gasteiger partial charge on any atom is -0.368 e. The summed E-state index contributed by atoms with van der Waals surface area (Å²) in [7, 11) is 0. The molecule has 19 heavy (non-hydrogen) atoms. The lowest BCUT2D eigenvalue weighted by Gasteiger charge is -2.26. The average Bonchev–Trinajstić information content (AvgIpc) is 2.93. The number of anilines is 2. The number of hydrogen-bond acceptors (Lipinski definition) is 7. The summed E-state index contributed by atoms with van der Waals surface area (Å²) in [6.45, 7) is 1.98. The van der Waals surface area contributed by atoms with Gasteiger partial charge in [-0.15, -0.1) is 0 Å². The van der Waals surface area contributed by atoms with Gasteiger partial charge in [-0.25, -0.2) is 9.69 Å². The van der Waals surface area contributed by atoms with Crippen LogP contribution in [-0.4, -0.2) is 42.8 Å². The number of nitrogens with zero attached hydrogens (tertiary/aromatic N) is 6. The van der Waals surface area contributed by atoms with E-state index in [1.54, 1.807) is 23.1 Å².